The van der Waals surface area contributed by atoms with Gasteiger partial charge >= 0.3 is 0 Å². The summed E-state index contributed by atoms with van der Waals surface area (Å²) in [7, 11) is -3.33. The molecule has 0 radical (unpaired) electrons. The van der Waals surface area contributed by atoms with Crippen molar-refractivity contribution in [3.05, 3.63) is 52.1 Å². The summed E-state index contributed by atoms with van der Waals surface area (Å²) in [6.07, 6.45) is 3.56. The van der Waals surface area contributed by atoms with Gasteiger partial charge in [0.05, 0.1) is 37.8 Å². The normalized spacial score (nSPS) is 15.9. The third-order valence-electron chi connectivity index (χ3n) is 3.84. The lowest BCUT2D eigenvalue weighted by atomic mass is 10.3. The molecule has 0 saturated carbocycles. The molecular weight excluding hydrogens is 332 g/mol. The molecule has 9 heteroatoms. The number of rotatable bonds is 5. The second-order valence-corrected chi connectivity index (χ2v) is 7.72. The van der Waals surface area contributed by atoms with Gasteiger partial charge in [0, 0.05) is 19.2 Å². The van der Waals surface area contributed by atoms with Gasteiger partial charge in [-0.3, -0.25) is 14.3 Å². The zero-order valence-corrected chi connectivity index (χ0v) is 14.3. The van der Waals surface area contributed by atoms with Crippen molar-refractivity contribution in [3.8, 4) is 0 Å². The van der Waals surface area contributed by atoms with Gasteiger partial charge in [-0.05, 0) is 18.6 Å². The molecule has 2 aromatic rings. The first-order chi connectivity index (χ1) is 11.4. The Morgan fingerprint density at radius 2 is 2.21 bits per heavy atom. The van der Waals surface area contributed by atoms with E-state index in [0.29, 0.717) is 31.2 Å². The molecule has 0 aliphatic carbocycles. The van der Waals surface area contributed by atoms with Crippen LogP contribution >= 0.6 is 0 Å². The summed E-state index contributed by atoms with van der Waals surface area (Å²) >= 11 is 0. The van der Waals surface area contributed by atoms with Crippen molar-refractivity contribution >= 4 is 10.0 Å². The van der Waals surface area contributed by atoms with Crippen molar-refractivity contribution in [2.75, 3.05) is 12.8 Å². The lowest BCUT2D eigenvalue weighted by molar-refractivity contribution is 0.236. The summed E-state index contributed by atoms with van der Waals surface area (Å²) in [5.74, 6) is 1.51. The van der Waals surface area contributed by atoms with Crippen LogP contribution in [-0.4, -0.2) is 35.7 Å². The van der Waals surface area contributed by atoms with Gasteiger partial charge in [0.2, 0.25) is 10.0 Å². The Balaban J connectivity index is 1.81. The van der Waals surface area contributed by atoms with Crippen LogP contribution in [0.5, 0.6) is 0 Å². The molecule has 0 fully saturated rings. The Labute approximate surface area is 140 Å². The largest absolute Gasteiger partial charge is 0.468 e. The van der Waals surface area contributed by atoms with Crippen molar-refractivity contribution in [3.63, 3.8) is 0 Å². The molecule has 8 nitrogen and oxygen atoms in total. The van der Waals surface area contributed by atoms with Crippen LogP contribution in [0.15, 0.2) is 33.7 Å². The highest BCUT2D eigenvalue weighted by Gasteiger charge is 2.18. The summed E-state index contributed by atoms with van der Waals surface area (Å²) in [6.45, 7) is 2.62. The van der Waals surface area contributed by atoms with Gasteiger partial charge in [0.15, 0.2) is 0 Å². The molecule has 0 bridgehead atoms. The first kappa shape index (κ1) is 16.9. The molecule has 1 aliphatic heterocycles. The minimum atomic E-state index is -3.33. The minimum absolute atomic E-state index is 0.0140. The van der Waals surface area contributed by atoms with Gasteiger partial charge in [-0.2, -0.15) is 0 Å². The van der Waals surface area contributed by atoms with E-state index in [-0.39, 0.29) is 12.1 Å². The maximum atomic E-state index is 12.3. The number of nitrogens with zero attached hydrogens (tertiary/aromatic N) is 3. The number of sulfonamides is 1. The van der Waals surface area contributed by atoms with E-state index in [9.17, 15) is 13.2 Å². The second-order valence-electron chi connectivity index (χ2n) is 5.89. The van der Waals surface area contributed by atoms with Crippen LogP contribution < -0.4 is 10.3 Å². The van der Waals surface area contributed by atoms with E-state index >= 15 is 0 Å². The average molecular weight is 352 g/mol. The molecule has 24 heavy (non-hydrogen) atoms. The number of aromatic nitrogens is 2. The van der Waals surface area contributed by atoms with E-state index in [1.165, 1.54) is 6.07 Å². The van der Waals surface area contributed by atoms with Crippen LogP contribution in [0.2, 0.25) is 0 Å². The molecule has 130 valence electrons. The summed E-state index contributed by atoms with van der Waals surface area (Å²) in [5.41, 5.74) is 0.279. The average Bonchev–Trinajstić information content (AvgIpc) is 2.91. The predicted octanol–water partition coefficient (Wildman–Crippen LogP) is 0.291. The fourth-order valence-corrected chi connectivity index (χ4v) is 3.16. The standard InChI is InChI=1S/C15H20N4O4S/c1-24(21,22)16-9-12-8-15(20)19-6-3-5-18(11-14(19)17-12)10-13-4-2-7-23-13/h2,4,7-8,16H,3,5-6,9-11H2,1H3. The van der Waals surface area contributed by atoms with E-state index in [1.807, 2.05) is 12.1 Å². The summed E-state index contributed by atoms with van der Waals surface area (Å²) in [5, 5.41) is 0. The molecule has 2 aromatic heterocycles. The molecule has 0 spiro atoms. The molecule has 0 saturated heterocycles. The molecule has 0 aromatic carbocycles. The number of furan rings is 1. The highest BCUT2D eigenvalue weighted by molar-refractivity contribution is 7.88. The van der Waals surface area contributed by atoms with Crippen molar-refractivity contribution in [1.29, 1.82) is 0 Å². The van der Waals surface area contributed by atoms with E-state index in [1.54, 1.807) is 10.8 Å². The fourth-order valence-electron chi connectivity index (χ4n) is 2.75. The van der Waals surface area contributed by atoms with Crippen molar-refractivity contribution < 1.29 is 12.8 Å². The first-order valence-electron chi connectivity index (χ1n) is 7.70. The third-order valence-corrected chi connectivity index (χ3v) is 4.51. The number of fused-ring (bicyclic) bond motifs is 1. The van der Waals surface area contributed by atoms with Gasteiger partial charge < -0.3 is 4.42 Å². The van der Waals surface area contributed by atoms with Crippen LogP contribution in [0.1, 0.15) is 23.7 Å². The van der Waals surface area contributed by atoms with Crippen LogP contribution in [-0.2, 0) is 36.2 Å². The summed E-state index contributed by atoms with van der Waals surface area (Å²) in [6, 6.07) is 5.15. The summed E-state index contributed by atoms with van der Waals surface area (Å²) < 4.78 is 31.9. The molecular formula is C15H20N4O4S. The monoisotopic (exact) mass is 352 g/mol. The Morgan fingerprint density at radius 1 is 1.38 bits per heavy atom. The molecule has 1 aliphatic rings. The van der Waals surface area contributed by atoms with Gasteiger partial charge in [0.1, 0.15) is 11.6 Å². The van der Waals surface area contributed by atoms with Crippen LogP contribution in [0.4, 0.5) is 0 Å². The molecule has 0 atom stereocenters. The maximum Gasteiger partial charge on any atom is 0.253 e. The Kier molecular flexibility index (Phi) is 4.83. The van der Waals surface area contributed by atoms with Gasteiger partial charge in [-0.15, -0.1) is 0 Å². The SMILES string of the molecule is CS(=O)(=O)NCc1cc(=O)n2c(n1)CN(Cc1ccco1)CCC2. The van der Waals surface area contributed by atoms with Gasteiger partial charge in [-0.25, -0.2) is 18.1 Å². The zero-order chi connectivity index (χ0) is 17.2. The molecule has 1 N–H and O–H groups in total. The summed E-state index contributed by atoms with van der Waals surface area (Å²) in [4.78, 5) is 18.9. The number of nitrogens with one attached hydrogen (secondary N) is 1. The topological polar surface area (TPSA) is 97.4 Å². The van der Waals surface area contributed by atoms with Crippen molar-refractivity contribution in [2.24, 2.45) is 0 Å². The van der Waals surface area contributed by atoms with Gasteiger partial charge in [-0.1, -0.05) is 0 Å². The fraction of sp³-hybridized carbons (Fsp3) is 0.467. The van der Waals surface area contributed by atoms with E-state index in [4.69, 9.17) is 4.42 Å². The Bertz CT molecular complexity index is 858. The van der Waals surface area contributed by atoms with Crippen LogP contribution in [0.25, 0.3) is 0 Å². The van der Waals surface area contributed by atoms with Crippen LogP contribution in [0, 0.1) is 0 Å². The number of hydrogen-bond donors (Lipinski definition) is 1. The quantitative estimate of drug-likeness (QED) is 0.831. The van der Waals surface area contributed by atoms with E-state index < -0.39 is 10.0 Å². The third kappa shape index (κ3) is 4.31. The van der Waals surface area contributed by atoms with Gasteiger partial charge in [0.25, 0.3) is 5.56 Å². The van der Waals surface area contributed by atoms with Crippen molar-refractivity contribution in [1.82, 2.24) is 19.2 Å². The molecule has 0 amide bonds. The first-order valence-corrected chi connectivity index (χ1v) is 9.59. The van der Waals surface area contributed by atoms with E-state index in [0.717, 1.165) is 25.0 Å². The van der Waals surface area contributed by atoms with E-state index in [2.05, 4.69) is 14.6 Å². The maximum absolute atomic E-state index is 12.3. The molecule has 3 heterocycles. The Morgan fingerprint density at radius 3 is 2.92 bits per heavy atom. The van der Waals surface area contributed by atoms with Crippen LogP contribution in [0.3, 0.4) is 0 Å². The smallest absolute Gasteiger partial charge is 0.253 e. The molecule has 0 unspecified atom stereocenters. The highest BCUT2D eigenvalue weighted by Crippen LogP contribution is 2.13. The highest BCUT2D eigenvalue weighted by atomic mass is 32.2. The van der Waals surface area contributed by atoms with Crippen molar-refractivity contribution in [2.45, 2.75) is 32.6 Å². The number of hydrogen-bond acceptors (Lipinski definition) is 6. The lowest BCUT2D eigenvalue weighted by Crippen LogP contribution is -2.29. The molecule has 3 rings (SSSR count). The second kappa shape index (κ2) is 6.88. The predicted molar refractivity (Wildman–Crippen MR) is 87.6 cm³/mol. The lowest BCUT2D eigenvalue weighted by Gasteiger charge is -2.18. The Hall–Kier alpha value is -1.97. The zero-order valence-electron chi connectivity index (χ0n) is 13.4. The minimum Gasteiger partial charge on any atom is -0.468 e.